The number of carbonyl (C=O) groups is 1. The van der Waals surface area contributed by atoms with Gasteiger partial charge in [-0.05, 0) is 25.8 Å². The van der Waals surface area contributed by atoms with Crippen LogP contribution >= 0.6 is 0 Å². The fourth-order valence-corrected chi connectivity index (χ4v) is 1.82. The summed E-state index contributed by atoms with van der Waals surface area (Å²) < 4.78 is 16.0. The van der Waals surface area contributed by atoms with E-state index in [-0.39, 0.29) is 12.9 Å². The van der Waals surface area contributed by atoms with E-state index in [9.17, 15) is 4.79 Å². The molecular formula is C16H25NO4. The highest BCUT2D eigenvalue weighted by Gasteiger charge is 2.08. The van der Waals surface area contributed by atoms with Crippen molar-refractivity contribution in [3.05, 3.63) is 35.9 Å². The molecule has 0 aliphatic carbocycles. The van der Waals surface area contributed by atoms with Gasteiger partial charge in [-0.25, -0.2) is 4.79 Å². The van der Waals surface area contributed by atoms with E-state index in [1.54, 1.807) is 0 Å². The van der Waals surface area contributed by atoms with Crippen LogP contribution in [0.15, 0.2) is 30.3 Å². The van der Waals surface area contributed by atoms with Crippen molar-refractivity contribution in [2.45, 2.75) is 39.6 Å². The van der Waals surface area contributed by atoms with Crippen LogP contribution in [0.1, 0.15) is 32.3 Å². The van der Waals surface area contributed by atoms with Gasteiger partial charge in [0, 0.05) is 26.2 Å². The van der Waals surface area contributed by atoms with E-state index in [4.69, 9.17) is 14.2 Å². The summed E-state index contributed by atoms with van der Waals surface area (Å²) in [5, 5.41) is 2.72. The van der Waals surface area contributed by atoms with E-state index in [0.717, 1.165) is 18.4 Å². The van der Waals surface area contributed by atoms with Crippen LogP contribution in [0, 0.1) is 0 Å². The number of benzene rings is 1. The summed E-state index contributed by atoms with van der Waals surface area (Å²) in [5.41, 5.74) is 0.973. The zero-order valence-corrected chi connectivity index (χ0v) is 12.8. The molecule has 0 fully saturated rings. The predicted octanol–water partition coefficient (Wildman–Crippen LogP) is 3.09. The van der Waals surface area contributed by atoms with Gasteiger partial charge in [0.25, 0.3) is 0 Å². The second-order valence-corrected chi connectivity index (χ2v) is 4.47. The van der Waals surface area contributed by atoms with Gasteiger partial charge in [0.15, 0.2) is 6.29 Å². The molecule has 0 aliphatic rings. The van der Waals surface area contributed by atoms with E-state index in [0.29, 0.717) is 19.8 Å². The fourth-order valence-electron chi connectivity index (χ4n) is 1.82. The maximum absolute atomic E-state index is 11.5. The van der Waals surface area contributed by atoms with Crippen molar-refractivity contribution in [2.75, 3.05) is 19.8 Å². The van der Waals surface area contributed by atoms with Crippen LogP contribution in [0.4, 0.5) is 4.79 Å². The highest BCUT2D eigenvalue weighted by molar-refractivity contribution is 5.67. The van der Waals surface area contributed by atoms with Crippen molar-refractivity contribution in [3.63, 3.8) is 0 Å². The minimum absolute atomic E-state index is 0.192. The molecule has 1 N–H and O–H groups in total. The Bertz CT molecular complexity index is 377. The Morgan fingerprint density at radius 1 is 1.14 bits per heavy atom. The maximum atomic E-state index is 11.5. The van der Waals surface area contributed by atoms with E-state index in [1.807, 2.05) is 44.2 Å². The second kappa shape index (κ2) is 11.1. The Balaban J connectivity index is 2.10. The average Bonchev–Trinajstić information content (AvgIpc) is 2.51. The zero-order chi connectivity index (χ0) is 15.3. The SMILES string of the molecule is CCOC(CCCNC(=O)OCc1ccccc1)OCC. The summed E-state index contributed by atoms with van der Waals surface area (Å²) in [4.78, 5) is 11.5. The quantitative estimate of drug-likeness (QED) is 0.532. The minimum atomic E-state index is -0.400. The predicted molar refractivity (Wildman–Crippen MR) is 80.9 cm³/mol. The van der Waals surface area contributed by atoms with Crippen LogP contribution in [0.25, 0.3) is 0 Å². The zero-order valence-electron chi connectivity index (χ0n) is 12.8. The third kappa shape index (κ3) is 8.32. The molecule has 0 unspecified atom stereocenters. The molecular weight excluding hydrogens is 270 g/mol. The van der Waals surface area contributed by atoms with Gasteiger partial charge in [-0.1, -0.05) is 30.3 Å². The second-order valence-electron chi connectivity index (χ2n) is 4.47. The van der Waals surface area contributed by atoms with E-state index in [1.165, 1.54) is 0 Å². The topological polar surface area (TPSA) is 56.8 Å². The van der Waals surface area contributed by atoms with E-state index >= 15 is 0 Å². The smallest absolute Gasteiger partial charge is 0.407 e. The van der Waals surface area contributed by atoms with Crippen molar-refractivity contribution in [3.8, 4) is 0 Å². The Morgan fingerprint density at radius 3 is 2.43 bits per heavy atom. The van der Waals surface area contributed by atoms with Crippen LogP contribution < -0.4 is 5.32 Å². The number of ether oxygens (including phenoxy) is 3. The summed E-state index contributed by atoms with van der Waals surface area (Å²) >= 11 is 0. The number of carbonyl (C=O) groups excluding carboxylic acids is 1. The van der Waals surface area contributed by atoms with Crippen LogP contribution in [0.3, 0.4) is 0 Å². The van der Waals surface area contributed by atoms with Crippen molar-refractivity contribution in [2.24, 2.45) is 0 Å². The summed E-state index contributed by atoms with van der Waals surface area (Å²) in [6, 6.07) is 9.59. The number of amides is 1. The summed E-state index contributed by atoms with van der Waals surface area (Å²) in [6.07, 6.45) is 0.941. The average molecular weight is 295 g/mol. The maximum Gasteiger partial charge on any atom is 0.407 e. The van der Waals surface area contributed by atoms with Gasteiger partial charge in [0.1, 0.15) is 6.61 Å². The normalized spacial score (nSPS) is 10.6. The Kier molecular flexibility index (Phi) is 9.24. The van der Waals surface area contributed by atoms with Gasteiger partial charge in [0.05, 0.1) is 0 Å². The molecule has 5 heteroatoms. The highest BCUT2D eigenvalue weighted by atomic mass is 16.7. The van der Waals surface area contributed by atoms with Crippen LogP contribution in [0.2, 0.25) is 0 Å². The minimum Gasteiger partial charge on any atom is -0.445 e. The molecule has 0 atom stereocenters. The number of rotatable bonds is 10. The fraction of sp³-hybridized carbons (Fsp3) is 0.562. The Hall–Kier alpha value is -1.59. The lowest BCUT2D eigenvalue weighted by atomic mass is 10.2. The van der Waals surface area contributed by atoms with Gasteiger partial charge in [0.2, 0.25) is 0 Å². The number of hydrogen-bond donors (Lipinski definition) is 1. The summed E-state index contributed by atoms with van der Waals surface area (Å²) in [7, 11) is 0. The summed E-state index contributed by atoms with van der Waals surface area (Å²) in [6.45, 7) is 5.95. The first kappa shape index (κ1) is 17.5. The van der Waals surface area contributed by atoms with Crippen molar-refractivity contribution < 1.29 is 19.0 Å². The number of alkyl carbamates (subject to hydrolysis) is 1. The van der Waals surface area contributed by atoms with Crippen molar-refractivity contribution in [1.29, 1.82) is 0 Å². The molecule has 1 aromatic carbocycles. The molecule has 0 saturated carbocycles. The third-order valence-electron chi connectivity index (χ3n) is 2.80. The van der Waals surface area contributed by atoms with Gasteiger partial charge < -0.3 is 19.5 Å². The molecule has 1 amide bonds. The molecule has 0 aliphatic heterocycles. The first-order chi connectivity index (χ1) is 10.3. The lowest BCUT2D eigenvalue weighted by Crippen LogP contribution is -2.26. The van der Waals surface area contributed by atoms with Crippen LogP contribution in [-0.2, 0) is 20.8 Å². The third-order valence-corrected chi connectivity index (χ3v) is 2.80. The lowest BCUT2D eigenvalue weighted by molar-refractivity contribution is -0.139. The van der Waals surface area contributed by atoms with Crippen molar-refractivity contribution in [1.82, 2.24) is 5.32 Å². The largest absolute Gasteiger partial charge is 0.445 e. The van der Waals surface area contributed by atoms with Gasteiger partial charge in [-0.3, -0.25) is 0 Å². The Labute approximate surface area is 126 Å². The molecule has 0 bridgehead atoms. The number of hydrogen-bond acceptors (Lipinski definition) is 4. The molecule has 1 aromatic rings. The van der Waals surface area contributed by atoms with Crippen LogP contribution in [0.5, 0.6) is 0 Å². The van der Waals surface area contributed by atoms with Gasteiger partial charge in [-0.2, -0.15) is 0 Å². The first-order valence-electron chi connectivity index (χ1n) is 7.44. The van der Waals surface area contributed by atoms with Gasteiger partial charge >= 0.3 is 6.09 Å². The monoisotopic (exact) mass is 295 g/mol. The molecule has 118 valence electrons. The molecule has 1 rings (SSSR count). The lowest BCUT2D eigenvalue weighted by Gasteiger charge is -2.16. The molecule has 0 spiro atoms. The standard InChI is InChI=1S/C16H25NO4/c1-3-19-15(20-4-2)11-8-12-17-16(18)21-13-14-9-6-5-7-10-14/h5-7,9-10,15H,3-4,8,11-13H2,1-2H3,(H,17,18). The van der Waals surface area contributed by atoms with Crippen molar-refractivity contribution >= 4 is 6.09 Å². The van der Waals surface area contributed by atoms with E-state index in [2.05, 4.69) is 5.32 Å². The molecule has 0 saturated heterocycles. The highest BCUT2D eigenvalue weighted by Crippen LogP contribution is 2.04. The first-order valence-corrected chi connectivity index (χ1v) is 7.44. The number of nitrogens with one attached hydrogen (secondary N) is 1. The molecule has 5 nitrogen and oxygen atoms in total. The van der Waals surface area contributed by atoms with Gasteiger partial charge in [-0.15, -0.1) is 0 Å². The summed E-state index contributed by atoms with van der Waals surface area (Å²) in [5.74, 6) is 0. The molecule has 0 heterocycles. The molecule has 21 heavy (non-hydrogen) atoms. The molecule has 0 aromatic heterocycles. The van der Waals surface area contributed by atoms with Crippen LogP contribution in [-0.4, -0.2) is 32.1 Å². The molecule has 0 radical (unpaired) electrons. The Morgan fingerprint density at radius 2 is 1.81 bits per heavy atom. The van der Waals surface area contributed by atoms with E-state index < -0.39 is 6.09 Å².